The molecule has 0 saturated heterocycles. The number of benzene rings is 1. The number of carbonyl (C=O) groups is 1. The first-order valence-electron chi connectivity index (χ1n) is 5.49. The summed E-state index contributed by atoms with van der Waals surface area (Å²) in [6.45, 7) is 0. The number of halogens is 1. The Morgan fingerprint density at radius 1 is 1.28 bits per heavy atom. The van der Waals surface area contributed by atoms with Gasteiger partial charge in [-0.2, -0.15) is 0 Å². The molecule has 1 amide bonds. The molecule has 0 fully saturated rings. The zero-order chi connectivity index (χ0) is 13.1. The summed E-state index contributed by atoms with van der Waals surface area (Å²) in [5.74, 6) is -0.154. The van der Waals surface area contributed by atoms with Gasteiger partial charge in [0.25, 0.3) is 5.91 Å². The number of amides is 1. The third-order valence-corrected chi connectivity index (χ3v) is 2.99. The van der Waals surface area contributed by atoms with E-state index in [9.17, 15) is 4.79 Å². The molecule has 2 aromatic rings. The molecule has 0 saturated carbocycles. The SMILES string of the molecule is CN(C)c1ccc(NC(=O)c2cc(Br)c[nH]2)cc1. The van der Waals surface area contributed by atoms with Crippen molar-refractivity contribution >= 4 is 33.2 Å². The second-order valence-electron chi connectivity index (χ2n) is 4.13. The van der Waals surface area contributed by atoms with Crippen LogP contribution in [-0.4, -0.2) is 25.0 Å². The number of hydrogen-bond donors (Lipinski definition) is 2. The first kappa shape index (κ1) is 12.7. The first-order chi connectivity index (χ1) is 8.56. The molecule has 2 rings (SSSR count). The topological polar surface area (TPSA) is 48.1 Å². The van der Waals surface area contributed by atoms with Crippen molar-refractivity contribution in [2.45, 2.75) is 0 Å². The summed E-state index contributed by atoms with van der Waals surface area (Å²) in [5.41, 5.74) is 2.39. The maximum Gasteiger partial charge on any atom is 0.272 e. The van der Waals surface area contributed by atoms with Crippen LogP contribution in [0.4, 0.5) is 11.4 Å². The van der Waals surface area contributed by atoms with Crippen molar-refractivity contribution in [1.29, 1.82) is 0 Å². The van der Waals surface area contributed by atoms with Gasteiger partial charge in [-0.25, -0.2) is 0 Å². The second-order valence-corrected chi connectivity index (χ2v) is 5.04. The number of nitrogens with zero attached hydrogens (tertiary/aromatic N) is 1. The normalized spacial score (nSPS) is 10.2. The molecule has 0 unspecified atom stereocenters. The summed E-state index contributed by atoms with van der Waals surface area (Å²) in [6, 6.07) is 9.42. The van der Waals surface area contributed by atoms with E-state index in [-0.39, 0.29) is 5.91 Å². The smallest absolute Gasteiger partial charge is 0.272 e. The van der Waals surface area contributed by atoms with E-state index in [2.05, 4.69) is 26.2 Å². The number of carbonyl (C=O) groups excluding carboxylic acids is 1. The van der Waals surface area contributed by atoms with E-state index in [0.717, 1.165) is 15.8 Å². The Balaban J connectivity index is 2.07. The van der Waals surface area contributed by atoms with Crippen LogP contribution in [0.3, 0.4) is 0 Å². The standard InChI is InChI=1S/C13H14BrN3O/c1-17(2)11-5-3-10(4-6-11)16-13(18)12-7-9(14)8-15-12/h3-8,15H,1-2H3,(H,16,18). The molecule has 2 N–H and O–H groups in total. The summed E-state index contributed by atoms with van der Waals surface area (Å²) in [4.78, 5) is 16.8. The van der Waals surface area contributed by atoms with Crippen molar-refractivity contribution in [2.75, 3.05) is 24.3 Å². The van der Waals surface area contributed by atoms with Crippen LogP contribution in [-0.2, 0) is 0 Å². The van der Waals surface area contributed by atoms with Crippen LogP contribution in [0.25, 0.3) is 0 Å². The number of rotatable bonds is 3. The Kier molecular flexibility index (Phi) is 3.72. The fourth-order valence-electron chi connectivity index (χ4n) is 1.54. The summed E-state index contributed by atoms with van der Waals surface area (Å²) in [6.07, 6.45) is 1.73. The van der Waals surface area contributed by atoms with E-state index < -0.39 is 0 Å². The Hall–Kier alpha value is -1.75. The fraction of sp³-hybridized carbons (Fsp3) is 0.154. The highest BCUT2D eigenvalue weighted by atomic mass is 79.9. The van der Waals surface area contributed by atoms with Crippen LogP contribution in [0, 0.1) is 0 Å². The molecule has 94 valence electrons. The van der Waals surface area contributed by atoms with E-state index in [1.54, 1.807) is 12.3 Å². The maximum absolute atomic E-state index is 11.9. The lowest BCUT2D eigenvalue weighted by Gasteiger charge is -2.12. The van der Waals surface area contributed by atoms with Gasteiger partial charge in [-0.1, -0.05) is 0 Å². The molecule has 1 aromatic carbocycles. The van der Waals surface area contributed by atoms with E-state index >= 15 is 0 Å². The monoisotopic (exact) mass is 307 g/mol. The lowest BCUT2D eigenvalue weighted by molar-refractivity contribution is 0.102. The summed E-state index contributed by atoms with van der Waals surface area (Å²) < 4.78 is 0.857. The van der Waals surface area contributed by atoms with Crippen LogP contribution in [0.1, 0.15) is 10.5 Å². The Morgan fingerprint density at radius 2 is 1.94 bits per heavy atom. The van der Waals surface area contributed by atoms with E-state index in [1.165, 1.54) is 0 Å². The molecule has 0 atom stereocenters. The molecule has 18 heavy (non-hydrogen) atoms. The molecule has 1 heterocycles. The van der Waals surface area contributed by atoms with Gasteiger partial charge in [0, 0.05) is 36.1 Å². The van der Waals surface area contributed by atoms with Crippen molar-refractivity contribution in [3.05, 3.63) is 46.7 Å². The first-order valence-corrected chi connectivity index (χ1v) is 6.28. The summed E-state index contributed by atoms with van der Waals surface area (Å²) >= 11 is 3.29. The Labute approximate surface area is 114 Å². The van der Waals surface area contributed by atoms with Crippen LogP contribution < -0.4 is 10.2 Å². The molecule has 0 radical (unpaired) electrons. The Morgan fingerprint density at radius 3 is 2.44 bits per heavy atom. The third-order valence-electron chi connectivity index (χ3n) is 2.53. The van der Waals surface area contributed by atoms with E-state index in [1.807, 2.05) is 43.3 Å². The van der Waals surface area contributed by atoms with Gasteiger partial charge in [-0.15, -0.1) is 0 Å². The zero-order valence-corrected chi connectivity index (χ0v) is 11.8. The molecular formula is C13H14BrN3O. The van der Waals surface area contributed by atoms with Gasteiger partial charge in [0.05, 0.1) is 0 Å². The van der Waals surface area contributed by atoms with Crippen LogP contribution in [0.15, 0.2) is 41.0 Å². The highest BCUT2D eigenvalue weighted by Crippen LogP contribution is 2.17. The molecule has 1 aromatic heterocycles. The van der Waals surface area contributed by atoms with Gasteiger partial charge in [0.1, 0.15) is 5.69 Å². The second kappa shape index (κ2) is 5.27. The lowest BCUT2D eigenvalue weighted by atomic mass is 10.2. The fourth-order valence-corrected chi connectivity index (χ4v) is 1.88. The van der Waals surface area contributed by atoms with Gasteiger partial charge in [-0.05, 0) is 46.3 Å². The van der Waals surface area contributed by atoms with Gasteiger partial charge in [0.2, 0.25) is 0 Å². The number of H-pyrrole nitrogens is 1. The van der Waals surface area contributed by atoms with Crippen LogP contribution in [0.2, 0.25) is 0 Å². The number of hydrogen-bond acceptors (Lipinski definition) is 2. The number of nitrogens with one attached hydrogen (secondary N) is 2. The van der Waals surface area contributed by atoms with Crippen molar-refractivity contribution in [2.24, 2.45) is 0 Å². The van der Waals surface area contributed by atoms with Crippen molar-refractivity contribution in [3.63, 3.8) is 0 Å². The minimum absolute atomic E-state index is 0.154. The maximum atomic E-state index is 11.9. The average Bonchev–Trinajstić information content (AvgIpc) is 2.76. The van der Waals surface area contributed by atoms with Gasteiger partial charge in [0.15, 0.2) is 0 Å². The molecule has 5 heteroatoms. The number of aromatic amines is 1. The quantitative estimate of drug-likeness (QED) is 0.915. The van der Waals surface area contributed by atoms with Crippen molar-refractivity contribution in [3.8, 4) is 0 Å². The highest BCUT2D eigenvalue weighted by molar-refractivity contribution is 9.10. The highest BCUT2D eigenvalue weighted by Gasteiger charge is 2.08. The number of anilines is 2. The molecule has 0 aliphatic rings. The zero-order valence-electron chi connectivity index (χ0n) is 10.2. The predicted molar refractivity (Wildman–Crippen MR) is 77.2 cm³/mol. The lowest BCUT2D eigenvalue weighted by Crippen LogP contribution is -2.12. The van der Waals surface area contributed by atoms with Gasteiger partial charge < -0.3 is 15.2 Å². The predicted octanol–water partition coefficient (Wildman–Crippen LogP) is 3.10. The van der Waals surface area contributed by atoms with Crippen LogP contribution in [0.5, 0.6) is 0 Å². The summed E-state index contributed by atoms with van der Waals surface area (Å²) in [5, 5.41) is 2.83. The molecular weight excluding hydrogens is 294 g/mol. The minimum Gasteiger partial charge on any atom is -0.378 e. The van der Waals surface area contributed by atoms with E-state index in [0.29, 0.717) is 5.69 Å². The van der Waals surface area contributed by atoms with Gasteiger partial charge >= 0.3 is 0 Å². The van der Waals surface area contributed by atoms with Crippen molar-refractivity contribution in [1.82, 2.24) is 4.98 Å². The van der Waals surface area contributed by atoms with E-state index in [4.69, 9.17) is 0 Å². The molecule has 0 aliphatic heterocycles. The minimum atomic E-state index is -0.154. The molecule has 0 aliphatic carbocycles. The molecule has 0 spiro atoms. The largest absolute Gasteiger partial charge is 0.378 e. The van der Waals surface area contributed by atoms with Crippen molar-refractivity contribution < 1.29 is 4.79 Å². The molecule has 4 nitrogen and oxygen atoms in total. The van der Waals surface area contributed by atoms with Gasteiger partial charge in [-0.3, -0.25) is 4.79 Å². The molecule has 0 bridgehead atoms. The summed E-state index contributed by atoms with van der Waals surface area (Å²) in [7, 11) is 3.95. The Bertz CT molecular complexity index is 546. The number of aromatic nitrogens is 1. The average molecular weight is 308 g/mol. The third kappa shape index (κ3) is 2.92. The van der Waals surface area contributed by atoms with Crippen LogP contribution >= 0.6 is 15.9 Å².